The first-order valence-corrected chi connectivity index (χ1v) is 13.6. The minimum absolute atomic E-state index is 0.199. The van der Waals surface area contributed by atoms with Crippen LogP contribution in [0.15, 0.2) is 116 Å². The Bertz CT molecular complexity index is 1680. The molecule has 6 rings (SSSR count). The molecule has 0 radical (unpaired) electrons. The number of aromatic nitrogens is 2. The van der Waals surface area contributed by atoms with Crippen LogP contribution in [-0.2, 0) is 4.74 Å². The number of esters is 1. The lowest BCUT2D eigenvalue weighted by Gasteiger charge is -2.29. The van der Waals surface area contributed by atoms with E-state index in [1.54, 1.807) is 18.3 Å². The average molecular weight is 561 g/mol. The van der Waals surface area contributed by atoms with Gasteiger partial charge >= 0.3 is 5.97 Å². The zero-order chi connectivity index (χ0) is 28.3. The standard InChI is InChI=1S/C33H28N4O3S/c1-22-8-3-4-11-29(22)40-26-18-16-25(17-19-26)37-31(30(35-33(37)41)27-9-5-6-20-34-27)28-10-7-21-36(28)24-14-12-23(13-15-24)32(38)39-2/h3-21,30-31H,1-2H3,(H,35,41)/t30-,31+/m0/s1. The molecule has 3 aromatic carbocycles. The Hall–Kier alpha value is -4.95. The number of anilines is 1. The third kappa shape index (κ3) is 5.17. The fraction of sp³-hybridized carbons (Fsp3) is 0.121. The summed E-state index contributed by atoms with van der Waals surface area (Å²) in [5.41, 5.74) is 5.30. The number of nitrogens with one attached hydrogen (secondary N) is 1. The van der Waals surface area contributed by atoms with Crippen molar-refractivity contribution in [3.8, 4) is 17.2 Å². The predicted molar refractivity (Wildman–Crippen MR) is 163 cm³/mol. The maximum Gasteiger partial charge on any atom is 0.337 e. The molecule has 2 atom stereocenters. The van der Waals surface area contributed by atoms with Crippen LogP contribution in [0.4, 0.5) is 5.69 Å². The number of nitrogens with zero attached hydrogens (tertiary/aromatic N) is 3. The van der Waals surface area contributed by atoms with Crippen molar-refractivity contribution >= 4 is 29.0 Å². The highest BCUT2D eigenvalue weighted by Gasteiger charge is 2.42. The molecule has 1 N–H and O–H groups in total. The van der Waals surface area contributed by atoms with Gasteiger partial charge in [-0.15, -0.1) is 0 Å². The van der Waals surface area contributed by atoms with Crippen molar-refractivity contribution in [2.45, 2.75) is 19.0 Å². The van der Waals surface area contributed by atoms with Crippen LogP contribution in [0.3, 0.4) is 0 Å². The number of aryl methyl sites for hydroxylation is 1. The van der Waals surface area contributed by atoms with E-state index in [0.29, 0.717) is 10.7 Å². The predicted octanol–water partition coefficient (Wildman–Crippen LogP) is 6.94. The van der Waals surface area contributed by atoms with E-state index >= 15 is 0 Å². The first-order chi connectivity index (χ1) is 20.0. The number of pyridine rings is 1. The van der Waals surface area contributed by atoms with Crippen LogP contribution >= 0.6 is 12.2 Å². The summed E-state index contributed by atoms with van der Waals surface area (Å²) in [5.74, 6) is 1.20. The molecule has 1 aliphatic rings. The zero-order valence-corrected chi connectivity index (χ0v) is 23.4. The van der Waals surface area contributed by atoms with E-state index in [1.165, 1.54) is 7.11 Å². The number of benzene rings is 3. The Morgan fingerprint density at radius 3 is 2.32 bits per heavy atom. The molecule has 0 amide bonds. The number of hydrogen-bond acceptors (Lipinski definition) is 5. The summed E-state index contributed by atoms with van der Waals surface area (Å²) in [4.78, 5) is 18.8. The highest BCUT2D eigenvalue weighted by atomic mass is 32.1. The first kappa shape index (κ1) is 26.3. The molecule has 0 bridgehead atoms. The largest absolute Gasteiger partial charge is 0.465 e. The van der Waals surface area contributed by atoms with E-state index in [-0.39, 0.29) is 18.1 Å². The van der Waals surface area contributed by atoms with Gasteiger partial charge in [0.25, 0.3) is 0 Å². The highest BCUT2D eigenvalue weighted by molar-refractivity contribution is 7.80. The molecule has 0 aliphatic carbocycles. The molecule has 0 unspecified atom stereocenters. The summed E-state index contributed by atoms with van der Waals surface area (Å²) < 4.78 is 13.1. The number of thiocarbonyl (C=S) groups is 1. The van der Waals surface area contributed by atoms with Crippen molar-refractivity contribution in [1.29, 1.82) is 0 Å². The average Bonchev–Trinajstić information content (AvgIpc) is 3.63. The van der Waals surface area contributed by atoms with Crippen molar-refractivity contribution in [3.63, 3.8) is 0 Å². The summed E-state index contributed by atoms with van der Waals surface area (Å²) in [6.07, 6.45) is 3.80. The molecule has 41 heavy (non-hydrogen) atoms. The van der Waals surface area contributed by atoms with E-state index in [9.17, 15) is 4.79 Å². The van der Waals surface area contributed by atoms with Crippen molar-refractivity contribution in [2.24, 2.45) is 0 Å². The molecule has 2 aromatic heterocycles. The SMILES string of the molecule is COC(=O)c1ccc(-n2cccc2[C@@H]2[C@H](c3ccccn3)NC(=S)N2c2ccc(Oc3ccccc3C)cc2)cc1. The van der Waals surface area contributed by atoms with E-state index in [4.69, 9.17) is 21.7 Å². The summed E-state index contributed by atoms with van der Waals surface area (Å²) in [6, 6.07) is 32.8. The van der Waals surface area contributed by atoms with Crippen molar-refractivity contribution in [3.05, 3.63) is 138 Å². The van der Waals surface area contributed by atoms with Gasteiger partial charge < -0.3 is 24.3 Å². The monoisotopic (exact) mass is 560 g/mol. The Morgan fingerprint density at radius 1 is 0.878 bits per heavy atom. The number of para-hydroxylation sites is 1. The minimum Gasteiger partial charge on any atom is -0.465 e. The second-order valence-electron chi connectivity index (χ2n) is 9.70. The van der Waals surface area contributed by atoms with Crippen LogP contribution in [0.1, 0.15) is 39.4 Å². The molecule has 5 aromatic rings. The number of hydrogen-bond donors (Lipinski definition) is 1. The topological polar surface area (TPSA) is 68.6 Å². The van der Waals surface area contributed by atoms with Crippen LogP contribution in [0, 0.1) is 6.92 Å². The van der Waals surface area contributed by atoms with Crippen LogP contribution in [0.25, 0.3) is 5.69 Å². The van der Waals surface area contributed by atoms with Gasteiger partial charge in [0.05, 0.1) is 24.4 Å². The van der Waals surface area contributed by atoms with Gasteiger partial charge in [-0.05, 0) is 104 Å². The number of methoxy groups -OCH3 is 1. The van der Waals surface area contributed by atoms with E-state index < -0.39 is 0 Å². The van der Waals surface area contributed by atoms with Crippen LogP contribution in [0.2, 0.25) is 0 Å². The van der Waals surface area contributed by atoms with Crippen molar-refractivity contribution in [2.75, 3.05) is 12.0 Å². The normalized spacial score (nSPS) is 16.3. The fourth-order valence-electron chi connectivity index (χ4n) is 5.15. The van der Waals surface area contributed by atoms with Crippen molar-refractivity contribution < 1.29 is 14.3 Å². The van der Waals surface area contributed by atoms with Gasteiger partial charge in [-0.1, -0.05) is 24.3 Å². The van der Waals surface area contributed by atoms with E-state index in [0.717, 1.165) is 39.8 Å². The Kier molecular flexibility index (Phi) is 7.22. The number of ether oxygens (including phenoxy) is 2. The number of carbonyl (C=O) groups excluding carboxylic acids is 1. The zero-order valence-electron chi connectivity index (χ0n) is 22.6. The summed E-state index contributed by atoms with van der Waals surface area (Å²) in [7, 11) is 1.38. The van der Waals surface area contributed by atoms with Gasteiger partial charge in [-0.3, -0.25) is 4.98 Å². The van der Waals surface area contributed by atoms with Gasteiger partial charge in [0, 0.05) is 29.5 Å². The van der Waals surface area contributed by atoms with Gasteiger partial charge in [-0.25, -0.2) is 4.79 Å². The van der Waals surface area contributed by atoms with Gasteiger partial charge in [0.15, 0.2) is 5.11 Å². The summed E-state index contributed by atoms with van der Waals surface area (Å²) in [5, 5.41) is 4.12. The Labute approximate surface area is 244 Å². The molecule has 0 saturated carbocycles. The Morgan fingerprint density at radius 2 is 1.61 bits per heavy atom. The van der Waals surface area contributed by atoms with Crippen LogP contribution in [0.5, 0.6) is 11.5 Å². The molecule has 1 fully saturated rings. The van der Waals surface area contributed by atoms with Crippen molar-refractivity contribution in [1.82, 2.24) is 14.9 Å². The third-order valence-electron chi connectivity index (χ3n) is 7.18. The summed E-state index contributed by atoms with van der Waals surface area (Å²) in [6.45, 7) is 2.03. The lowest BCUT2D eigenvalue weighted by atomic mass is 10.0. The molecule has 1 saturated heterocycles. The molecular weight excluding hydrogens is 532 g/mol. The molecule has 204 valence electrons. The van der Waals surface area contributed by atoms with Gasteiger partial charge in [0.2, 0.25) is 0 Å². The molecule has 0 spiro atoms. The molecule has 8 heteroatoms. The minimum atomic E-state index is -0.370. The van der Waals surface area contributed by atoms with Crippen LogP contribution < -0.4 is 15.0 Å². The highest BCUT2D eigenvalue weighted by Crippen LogP contribution is 2.42. The molecule has 3 heterocycles. The second-order valence-corrected chi connectivity index (χ2v) is 10.1. The maximum atomic E-state index is 12.0. The third-order valence-corrected chi connectivity index (χ3v) is 7.50. The Balaban J connectivity index is 1.38. The van der Waals surface area contributed by atoms with Gasteiger partial charge in [0.1, 0.15) is 17.5 Å². The van der Waals surface area contributed by atoms with Crippen LogP contribution in [-0.4, -0.2) is 27.7 Å². The molecule has 1 aliphatic heterocycles. The summed E-state index contributed by atoms with van der Waals surface area (Å²) >= 11 is 5.92. The number of carbonyl (C=O) groups is 1. The smallest absolute Gasteiger partial charge is 0.337 e. The van der Waals surface area contributed by atoms with Gasteiger partial charge in [-0.2, -0.15) is 0 Å². The lowest BCUT2D eigenvalue weighted by molar-refractivity contribution is 0.0600. The number of rotatable bonds is 7. The maximum absolute atomic E-state index is 12.0. The second kappa shape index (κ2) is 11.3. The fourth-order valence-corrected chi connectivity index (χ4v) is 5.50. The quantitative estimate of drug-likeness (QED) is 0.171. The first-order valence-electron chi connectivity index (χ1n) is 13.2. The van der Waals surface area contributed by atoms with E-state index in [1.807, 2.05) is 98.0 Å². The van der Waals surface area contributed by atoms with E-state index in [2.05, 4.69) is 25.8 Å². The molecule has 7 nitrogen and oxygen atoms in total. The molecular formula is C33H28N4O3S. The lowest BCUT2D eigenvalue weighted by Crippen LogP contribution is -2.30.